The smallest absolute Gasteiger partial charge is 0.179 e. The molecule has 0 saturated carbocycles. The number of aryl methyl sites for hydroxylation is 1. The van der Waals surface area contributed by atoms with E-state index in [9.17, 15) is 9.90 Å². The molecule has 0 aliphatic rings. The first-order valence-electron chi connectivity index (χ1n) is 11.4. The Morgan fingerprint density at radius 1 is 1.00 bits per heavy atom. The first-order valence-corrected chi connectivity index (χ1v) is 11.4. The topological polar surface area (TPSA) is 96.4 Å². The van der Waals surface area contributed by atoms with Crippen molar-refractivity contribution in [1.29, 1.82) is 5.41 Å². The van der Waals surface area contributed by atoms with Crippen LogP contribution in [0.2, 0.25) is 0 Å². The minimum Gasteiger partial charge on any atom is -0.507 e. The van der Waals surface area contributed by atoms with Crippen molar-refractivity contribution in [3.8, 4) is 11.5 Å². The normalized spacial score (nSPS) is 11.2. The van der Waals surface area contributed by atoms with Gasteiger partial charge in [-0.05, 0) is 37.1 Å². The number of hydrogen-bond donors (Lipinski definition) is 3. The molecule has 174 valence electrons. The van der Waals surface area contributed by atoms with Crippen LogP contribution in [0.25, 0.3) is 0 Å². The summed E-state index contributed by atoms with van der Waals surface area (Å²) in [5.74, 6) is 0.620. The second-order valence-electron chi connectivity index (χ2n) is 7.57. The molecule has 0 radical (unpaired) electrons. The van der Waals surface area contributed by atoms with Gasteiger partial charge in [-0.2, -0.15) is 0 Å². The van der Waals surface area contributed by atoms with E-state index in [2.05, 4.69) is 12.7 Å². The van der Waals surface area contributed by atoms with E-state index < -0.39 is 6.10 Å². The third kappa shape index (κ3) is 6.30. The lowest BCUT2D eigenvalue weighted by Crippen LogP contribution is -2.13. The Kier molecular flexibility index (Phi) is 10.3. The SMILES string of the molecule is CCCc1cc(C(=N)c2ccccc2)c(O)c(CCC)c1OC(C=O)c1ccccc1.CN. The largest absolute Gasteiger partial charge is 0.507 e. The molecule has 0 saturated heterocycles. The van der Waals surface area contributed by atoms with Crippen molar-refractivity contribution in [2.45, 2.75) is 45.6 Å². The van der Waals surface area contributed by atoms with E-state index in [1.54, 1.807) is 0 Å². The lowest BCUT2D eigenvalue weighted by atomic mass is 9.92. The number of nitrogens with one attached hydrogen (secondary N) is 1. The zero-order valence-corrected chi connectivity index (χ0v) is 19.7. The van der Waals surface area contributed by atoms with Crippen molar-refractivity contribution in [2.24, 2.45) is 5.73 Å². The lowest BCUT2D eigenvalue weighted by Gasteiger charge is -2.23. The molecule has 5 heteroatoms. The van der Waals surface area contributed by atoms with Gasteiger partial charge in [-0.1, -0.05) is 87.4 Å². The van der Waals surface area contributed by atoms with E-state index in [0.717, 1.165) is 42.2 Å². The van der Waals surface area contributed by atoms with Crippen LogP contribution in [-0.2, 0) is 17.6 Å². The van der Waals surface area contributed by atoms with Crippen molar-refractivity contribution in [1.82, 2.24) is 0 Å². The number of benzene rings is 3. The second kappa shape index (κ2) is 13.2. The van der Waals surface area contributed by atoms with Gasteiger partial charge in [-0.25, -0.2) is 0 Å². The maximum Gasteiger partial charge on any atom is 0.179 e. The Morgan fingerprint density at radius 3 is 2.12 bits per heavy atom. The van der Waals surface area contributed by atoms with Gasteiger partial charge in [0.25, 0.3) is 0 Å². The molecular formula is C28H34N2O3. The van der Waals surface area contributed by atoms with Crippen LogP contribution in [-0.4, -0.2) is 24.2 Å². The van der Waals surface area contributed by atoms with E-state index >= 15 is 0 Å². The number of carbonyl (C=O) groups excluding carboxylic acids is 1. The second-order valence-corrected chi connectivity index (χ2v) is 7.57. The monoisotopic (exact) mass is 446 g/mol. The average molecular weight is 447 g/mol. The third-order valence-corrected chi connectivity index (χ3v) is 5.27. The number of aldehydes is 1. The number of carbonyl (C=O) groups is 1. The van der Waals surface area contributed by atoms with Crippen LogP contribution >= 0.6 is 0 Å². The van der Waals surface area contributed by atoms with Gasteiger partial charge in [-0.3, -0.25) is 10.2 Å². The molecular weight excluding hydrogens is 412 g/mol. The van der Waals surface area contributed by atoms with E-state index in [1.807, 2.05) is 73.7 Å². The molecule has 0 fully saturated rings. The van der Waals surface area contributed by atoms with Crippen LogP contribution in [0.1, 0.15) is 60.6 Å². The van der Waals surface area contributed by atoms with E-state index in [4.69, 9.17) is 10.1 Å². The van der Waals surface area contributed by atoms with Gasteiger partial charge in [0.2, 0.25) is 0 Å². The van der Waals surface area contributed by atoms with Crippen LogP contribution in [0, 0.1) is 5.41 Å². The number of phenolic OH excluding ortho intramolecular Hbond substituents is 1. The first-order chi connectivity index (χ1) is 16.1. The molecule has 0 heterocycles. The molecule has 1 atom stereocenters. The zero-order chi connectivity index (χ0) is 24.2. The number of phenols is 1. The molecule has 1 unspecified atom stereocenters. The van der Waals surface area contributed by atoms with Crippen LogP contribution in [0.15, 0.2) is 66.7 Å². The van der Waals surface area contributed by atoms with Crippen LogP contribution in [0.3, 0.4) is 0 Å². The third-order valence-electron chi connectivity index (χ3n) is 5.27. The molecule has 5 nitrogen and oxygen atoms in total. The van der Waals surface area contributed by atoms with Gasteiger partial charge in [0.15, 0.2) is 12.4 Å². The highest BCUT2D eigenvalue weighted by Gasteiger charge is 2.24. The van der Waals surface area contributed by atoms with E-state index in [1.165, 1.54) is 7.05 Å². The van der Waals surface area contributed by atoms with Gasteiger partial charge in [0.05, 0.1) is 5.71 Å². The summed E-state index contributed by atoms with van der Waals surface area (Å²) in [5, 5.41) is 19.9. The zero-order valence-electron chi connectivity index (χ0n) is 19.7. The first kappa shape index (κ1) is 25.8. The fourth-order valence-electron chi connectivity index (χ4n) is 3.75. The minimum absolute atomic E-state index is 0.0586. The summed E-state index contributed by atoms with van der Waals surface area (Å²) in [7, 11) is 1.50. The Bertz CT molecular complexity index is 1030. The van der Waals surface area contributed by atoms with Crippen molar-refractivity contribution in [3.05, 3.63) is 94.5 Å². The minimum atomic E-state index is -0.758. The molecule has 0 spiro atoms. The molecule has 3 aromatic carbocycles. The number of rotatable bonds is 10. The molecule has 0 aliphatic heterocycles. The van der Waals surface area contributed by atoms with Crippen molar-refractivity contribution < 1.29 is 14.6 Å². The van der Waals surface area contributed by atoms with Gasteiger partial charge in [0.1, 0.15) is 11.5 Å². The van der Waals surface area contributed by atoms with Crippen molar-refractivity contribution in [3.63, 3.8) is 0 Å². The molecule has 0 aromatic heterocycles. The molecule has 0 amide bonds. The van der Waals surface area contributed by atoms with Gasteiger partial charge in [-0.15, -0.1) is 0 Å². The number of nitrogens with two attached hydrogens (primary N) is 1. The molecule has 33 heavy (non-hydrogen) atoms. The summed E-state index contributed by atoms with van der Waals surface area (Å²) in [6.45, 7) is 4.11. The molecule has 0 bridgehead atoms. The maximum atomic E-state index is 11.9. The van der Waals surface area contributed by atoms with E-state index in [0.29, 0.717) is 23.3 Å². The summed E-state index contributed by atoms with van der Waals surface area (Å²) in [4.78, 5) is 11.9. The fraction of sp³-hybridized carbons (Fsp3) is 0.286. The standard InChI is InChI=1S/C27H29NO3.CH5N/c1-3-11-21-17-23(25(28)20-15-9-6-10-16-20)26(30)22(12-4-2)27(21)31-24(18-29)19-13-7-5-8-14-19;1-2/h5-10,13-18,24,28,30H,3-4,11-12H2,1-2H3;2H2,1H3. The predicted molar refractivity (Wildman–Crippen MR) is 134 cm³/mol. The highest BCUT2D eigenvalue weighted by atomic mass is 16.5. The van der Waals surface area contributed by atoms with Gasteiger partial charge >= 0.3 is 0 Å². The van der Waals surface area contributed by atoms with Crippen LogP contribution < -0.4 is 10.5 Å². The quantitative estimate of drug-likeness (QED) is 0.279. The predicted octanol–water partition coefficient (Wildman–Crippen LogP) is 5.61. The highest BCUT2D eigenvalue weighted by molar-refractivity contribution is 6.13. The van der Waals surface area contributed by atoms with Crippen LogP contribution in [0.4, 0.5) is 0 Å². The molecule has 0 aliphatic carbocycles. The number of ether oxygens (including phenoxy) is 1. The summed E-state index contributed by atoms with van der Waals surface area (Å²) in [6, 6.07) is 20.6. The Morgan fingerprint density at radius 2 is 1.58 bits per heavy atom. The number of hydrogen-bond acceptors (Lipinski definition) is 5. The number of aromatic hydroxyl groups is 1. The van der Waals surface area contributed by atoms with Crippen LogP contribution in [0.5, 0.6) is 11.5 Å². The summed E-state index contributed by atoms with van der Waals surface area (Å²) in [5.41, 5.74) is 8.34. The van der Waals surface area contributed by atoms with Gasteiger partial charge in [0, 0.05) is 16.7 Å². The Balaban J connectivity index is 0.00000187. The fourth-order valence-corrected chi connectivity index (χ4v) is 3.75. The maximum absolute atomic E-state index is 11.9. The van der Waals surface area contributed by atoms with Crippen molar-refractivity contribution in [2.75, 3.05) is 7.05 Å². The Labute approximate surface area is 196 Å². The van der Waals surface area contributed by atoms with E-state index in [-0.39, 0.29) is 11.5 Å². The summed E-state index contributed by atoms with van der Waals surface area (Å²) < 4.78 is 6.24. The van der Waals surface area contributed by atoms with Crippen molar-refractivity contribution >= 4 is 12.0 Å². The molecule has 4 N–H and O–H groups in total. The Hall–Kier alpha value is -3.44. The summed E-state index contributed by atoms with van der Waals surface area (Å²) in [6.07, 6.45) is 3.02. The summed E-state index contributed by atoms with van der Waals surface area (Å²) >= 11 is 0. The molecule has 3 aromatic rings. The average Bonchev–Trinajstić information content (AvgIpc) is 2.87. The lowest BCUT2D eigenvalue weighted by molar-refractivity contribution is -0.113. The molecule has 3 rings (SSSR count). The highest BCUT2D eigenvalue weighted by Crippen LogP contribution is 2.39. The van der Waals surface area contributed by atoms with Gasteiger partial charge < -0.3 is 15.6 Å².